The molecular formula is C27H28ClN2O5P. The van der Waals surface area contributed by atoms with E-state index in [1.54, 1.807) is 0 Å². The second-order valence-corrected chi connectivity index (χ2v) is 12.5. The Balaban J connectivity index is 0.000000556. The molecule has 0 saturated carbocycles. The zero-order valence-electron chi connectivity index (χ0n) is 20.0. The van der Waals surface area contributed by atoms with Crippen LogP contribution in [0.4, 0.5) is 5.88 Å². The minimum Gasteiger partial charge on any atom is -0.421 e. The van der Waals surface area contributed by atoms with Crippen molar-refractivity contribution in [1.29, 1.82) is 0 Å². The molecule has 188 valence electrons. The van der Waals surface area contributed by atoms with Crippen LogP contribution in [0.25, 0.3) is 0 Å². The molecular weight excluding hydrogens is 499 g/mol. The normalized spacial score (nSPS) is 14.2. The van der Waals surface area contributed by atoms with Gasteiger partial charge in [0.25, 0.3) is 11.3 Å². The van der Waals surface area contributed by atoms with Gasteiger partial charge < -0.3 is 9.32 Å². The minimum atomic E-state index is -4.94. The van der Waals surface area contributed by atoms with E-state index in [2.05, 4.69) is 95.9 Å². The van der Waals surface area contributed by atoms with Gasteiger partial charge in [0, 0.05) is 20.0 Å². The van der Waals surface area contributed by atoms with Crippen LogP contribution in [0.5, 0.6) is 0 Å². The fourth-order valence-corrected chi connectivity index (χ4v) is 8.95. The van der Waals surface area contributed by atoms with Crippen molar-refractivity contribution in [2.75, 3.05) is 18.0 Å². The van der Waals surface area contributed by atoms with Gasteiger partial charge in [0.15, 0.2) is 13.2 Å². The summed E-state index contributed by atoms with van der Waals surface area (Å²) in [6.07, 6.45) is 3.69. The van der Waals surface area contributed by atoms with Crippen LogP contribution in [0.2, 0.25) is 0 Å². The average molecular weight is 527 g/mol. The van der Waals surface area contributed by atoms with Crippen molar-refractivity contribution in [3.05, 3.63) is 96.9 Å². The van der Waals surface area contributed by atoms with Crippen LogP contribution in [0.15, 0.2) is 95.4 Å². The highest BCUT2D eigenvalue weighted by molar-refractivity contribution is 8.01. The van der Waals surface area contributed by atoms with Gasteiger partial charge in [-0.25, -0.2) is 18.6 Å². The SMILES string of the molecule is Cc1nc([P+](c2ccccc2)(c2ccccc2)c2ccccc2)c(N2CCCCC2)o1.[O-][Cl+3]([O-])([O-])[O-]. The second kappa shape index (κ2) is 11.5. The van der Waals surface area contributed by atoms with Crippen LogP contribution in [0, 0.1) is 17.2 Å². The number of nitrogens with zero attached hydrogens (tertiary/aromatic N) is 2. The van der Waals surface area contributed by atoms with Crippen molar-refractivity contribution in [2.24, 2.45) is 0 Å². The summed E-state index contributed by atoms with van der Waals surface area (Å²) in [5.41, 5.74) is 1.09. The van der Waals surface area contributed by atoms with Crippen molar-refractivity contribution in [3.8, 4) is 0 Å². The number of benzene rings is 3. The van der Waals surface area contributed by atoms with Gasteiger partial charge in [-0.2, -0.15) is 4.98 Å². The lowest BCUT2D eigenvalue weighted by molar-refractivity contribution is -2.00. The summed E-state index contributed by atoms with van der Waals surface area (Å²) in [6, 6.07) is 32.7. The molecule has 36 heavy (non-hydrogen) atoms. The fraction of sp³-hybridized carbons (Fsp3) is 0.222. The molecule has 4 aromatic rings. The van der Waals surface area contributed by atoms with Gasteiger partial charge in [0.2, 0.25) is 0 Å². The van der Waals surface area contributed by atoms with Crippen molar-refractivity contribution in [3.63, 3.8) is 0 Å². The minimum absolute atomic E-state index is 0.739. The van der Waals surface area contributed by atoms with E-state index in [1.807, 2.05) is 6.92 Å². The third-order valence-corrected chi connectivity index (χ3v) is 10.2. The number of rotatable bonds is 5. The number of aromatic nitrogens is 1. The molecule has 0 N–H and O–H groups in total. The highest BCUT2D eigenvalue weighted by Gasteiger charge is 2.53. The Kier molecular flexibility index (Phi) is 8.42. The van der Waals surface area contributed by atoms with Crippen LogP contribution < -0.4 is 44.9 Å². The first kappa shape index (κ1) is 26.3. The molecule has 7 nitrogen and oxygen atoms in total. The zero-order valence-corrected chi connectivity index (χ0v) is 21.6. The topological polar surface area (TPSA) is 122 Å². The summed E-state index contributed by atoms with van der Waals surface area (Å²) in [5, 5.41) is 3.91. The third-order valence-electron chi connectivity index (χ3n) is 6.09. The summed E-state index contributed by atoms with van der Waals surface area (Å²) in [6.45, 7) is 4.03. The van der Waals surface area contributed by atoms with Gasteiger partial charge in [-0.3, -0.25) is 0 Å². The number of halogens is 1. The van der Waals surface area contributed by atoms with Crippen molar-refractivity contribution < 1.29 is 33.3 Å². The molecule has 1 aliphatic heterocycles. The quantitative estimate of drug-likeness (QED) is 0.331. The predicted molar refractivity (Wildman–Crippen MR) is 132 cm³/mol. The van der Waals surface area contributed by atoms with Crippen LogP contribution in [-0.2, 0) is 0 Å². The molecule has 0 spiro atoms. The van der Waals surface area contributed by atoms with E-state index in [0.29, 0.717) is 0 Å². The second-order valence-electron chi connectivity index (χ2n) is 8.46. The molecule has 1 fully saturated rings. The average Bonchev–Trinajstić information content (AvgIpc) is 3.28. The maximum Gasteiger partial charge on any atom is 0.261 e. The molecule has 9 heteroatoms. The lowest BCUT2D eigenvalue weighted by Crippen LogP contribution is -2.68. The Labute approximate surface area is 213 Å². The molecule has 0 amide bonds. The largest absolute Gasteiger partial charge is 0.421 e. The Morgan fingerprint density at radius 1 is 0.694 bits per heavy atom. The maximum absolute atomic E-state index is 8.49. The maximum atomic E-state index is 8.49. The van der Waals surface area contributed by atoms with Crippen molar-refractivity contribution >= 4 is 34.5 Å². The van der Waals surface area contributed by atoms with E-state index < -0.39 is 17.5 Å². The Morgan fingerprint density at radius 3 is 1.47 bits per heavy atom. The van der Waals surface area contributed by atoms with E-state index in [-0.39, 0.29) is 0 Å². The summed E-state index contributed by atoms with van der Waals surface area (Å²) >= 11 is 0. The molecule has 0 radical (unpaired) electrons. The number of oxazole rings is 1. The molecule has 1 saturated heterocycles. The molecule has 0 atom stereocenters. The first-order chi connectivity index (χ1) is 17.3. The third kappa shape index (κ3) is 5.95. The summed E-state index contributed by atoms with van der Waals surface area (Å²) in [7, 11) is -7.18. The number of anilines is 1. The highest BCUT2D eigenvalue weighted by Crippen LogP contribution is 2.56. The van der Waals surface area contributed by atoms with Crippen LogP contribution in [-0.4, -0.2) is 18.1 Å². The zero-order chi connectivity index (χ0) is 25.6. The number of hydrogen-bond donors (Lipinski definition) is 0. The first-order valence-electron chi connectivity index (χ1n) is 11.7. The van der Waals surface area contributed by atoms with E-state index in [4.69, 9.17) is 28.0 Å². The molecule has 0 aliphatic carbocycles. The lowest BCUT2D eigenvalue weighted by atomic mass is 10.1. The molecule has 0 unspecified atom stereocenters. The molecule has 0 bridgehead atoms. The fourth-order valence-electron chi connectivity index (χ4n) is 4.70. The van der Waals surface area contributed by atoms with E-state index in [9.17, 15) is 0 Å². The van der Waals surface area contributed by atoms with Gasteiger partial charge in [-0.05, 0) is 55.7 Å². The smallest absolute Gasteiger partial charge is 0.261 e. The Bertz CT molecular complexity index is 1120. The van der Waals surface area contributed by atoms with Gasteiger partial charge in [-0.1, -0.05) is 54.6 Å². The summed E-state index contributed by atoms with van der Waals surface area (Å²) in [4.78, 5) is 7.55. The number of piperidine rings is 1. The van der Waals surface area contributed by atoms with E-state index in [0.717, 1.165) is 30.3 Å². The van der Waals surface area contributed by atoms with Crippen LogP contribution in [0.1, 0.15) is 25.2 Å². The molecule has 2 heterocycles. The Hall–Kier alpha value is -2.77. The lowest BCUT2D eigenvalue weighted by Gasteiger charge is -2.30. The molecule has 5 rings (SSSR count). The van der Waals surface area contributed by atoms with Crippen molar-refractivity contribution in [2.45, 2.75) is 26.2 Å². The molecule has 1 aliphatic rings. The van der Waals surface area contributed by atoms with Crippen molar-refractivity contribution in [1.82, 2.24) is 4.98 Å². The van der Waals surface area contributed by atoms with Gasteiger partial charge in [0.05, 0.1) is 0 Å². The van der Waals surface area contributed by atoms with Crippen LogP contribution in [0.3, 0.4) is 0 Å². The monoisotopic (exact) mass is 526 g/mol. The van der Waals surface area contributed by atoms with Gasteiger partial charge in [0.1, 0.15) is 15.9 Å². The van der Waals surface area contributed by atoms with E-state index in [1.165, 1.54) is 35.2 Å². The van der Waals surface area contributed by atoms with Gasteiger partial charge in [-0.15, -0.1) is 10.2 Å². The summed E-state index contributed by atoms with van der Waals surface area (Å²) < 4.78 is 40.3. The number of aryl methyl sites for hydroxylation is 1. The molecule has 1 aromatic heterocycles. The number of hydrogen-bond acceptors (Lipinski definition) is 7. The highest BCUT2D eigenvalue weighted by atomic mass is 35.7. The van der Waals surface area contributed by atoms with E-state index >= 15 is 0 Å². The van der Waals surface area contributed by atoms with Gasteiger partial charge >= 0.3 is 0 Å². The summed E-state index contributed by atoms with van der Waals surface area (Å²) in [5.74, 6) is 1.70. The predicted octanol–water partition coefficient (Wildman–Crippen LogP) is -0.163. The molecule has 3 aromatic carbocycles. The Morgan fingerprint density at radius 2 is 1.08 bits per heavy atom. The standard InChI is InChI=1S/C27H28N2OP.ClHO4/c1-22-28-26(27(30-22)29-20-12-5-13-21-29)31(23-14-6-2-7-15-23,24-16-8-3-9-17-24)25-18-10-4-11-19-25;2-1(3,4)5/h2-4,6-11,14-19H,5,12-13,20-21H2,1H3;(H,2,3,4,5)/q+1;/p-1. The van der Waals surface area contributed by atoms with Crippen LogP contribution >= 0.6 is 7.26 Å². The first-order valence-corrected chi connectivity index (χ1v) is 14.7.